The minimum absolute atomic E-state index is 0.0765. The van der Waals surface area contributed by atoms with Crippen molar-refractivity contribution in [1.29, 1.82) is 5.26 Å². The van der Waals surface area contributed by atoms with Crippen LogP contribution in [-0.4, -0.2) is 27.2 Å². The average molecular weight is 384 g/mol. The van der Waals surface area contributed by atoms with Crippen LogP contribution >= 0.6 is 0 Å². The number of hydrogen-bond donors (Lipinski definition) is 1. The van der Waals surface area contributed by atoms with Gasteiger partial charge in [0.05, 0.1) is 6.61 Å². The van der Waals surface area contributed by atoms with E-state index >= 15 is 0 Å². The van der Waals surface area contributed by atoms with Crippen molar-refractivity contribution in [2.45, 2.75) is 6.92 Å². The van der Waals surface area contributed by atoms with Crippen molar-refractivity contribution in [2.24, 2.45) is 0 Å². The summed E-state index contributed by atoms with van der Waals surface area (Å²) >= 11 is 0. The maximum atomic E-state index is 13.0. The first-order valence-electron chi connectivity index (χ1n) is 9.02. The van der Waals surface area contributed by atoms with Crippen LogP contribution < -0.4 is 5.56 Å². The Kier molecular flexibility index (Phi) is 4.67. The van der Waals surface area contributed by atoms with Crippen molar-refractivity contribution in [3.05, 3.63) is 82.1 Å². The first kappa shape index (κ1) is 18.2. The van der Waals surface area contributed by atoms with Crippen LogP contribution in [0.3, 0.4) is 0 Å². The average Bonchev–Trinajstić information content (AvgIpc) is 3.20. The summed E-state index contributed by atoms with van der Waals surface area (Å²) in [5.41, 5.74) is 0.991. The molecule has 2 aromatic heterocycles. The monoisotopic (exact) mass is 384 g/mol. The molecule has 29 heavy (non-hydrogen) atoms. The summed E-state index contributed by atoms with van der Waals surface area (Å²) in [6.45, 7) is 1.84. The Bertz CT molecular complexity index is 1300. The van der Waals surface area contributed by atoms with Gasteiger partial charge >= 0.3 is 5.97 Å². The molecule has 0 aliphatic rings. The highest BCUT2D eigenvalue weighted by atomic mass is 16.5. The molecule has 7 nitrogen and oxygen atoms in total. The van der Waals surface area contributed by atoms with Crippen molar-refractivity contribution < 1.29 is 9.53 Å². The first-order chi connectivity index (χ1) is 14.2. The van der Waals surface area contributed by atoms with Gasteiger partial charge in [-0.25, -0.2) is 9.78 Å². The molecule has 0 spiro atoms. The number of aromatic nitrogens is 3. The van der Waals surface area contributed by atoms with E-state index in [-0.39, 0.29) is 28.9 Å². The zero-order valence-electron chi connectivity index (χ0n) is 15.5. The van der Waals surface area contributed by atoms with Gasteiger partial charge in [-0.1, -0.05) is 60.7 Å². The summed E-state index contributed by atoms with van der Waals surface area (Å²) in [5, 5.41) is 12.6. The minimum Gasteiger partial charge on any atom is -0.462 e. The zero-order chi connectivity index (χ0) is 20.4. The summed E-state index contributed by atoms with van der Waals surface area (Å²) in [6.07, 6.45) is 0. The molecule has 4 aromatic rings. The molecule has 0 atom stereocenters. The fourth-order valence-corrected chi connectivity index (χ4v) is 3.23. The number of fused-ring (bicyclic) bond motifs is 1. The Morgan fingerprint density at radius 1 is 1.10 bits per heavy atom. The van der Waals surface area contributed by atoms with Crippen LogP contribution in [0.15, 0.2) is 65.5 Å². The van der Waals surface area contributed by atoms with Crippen LogP contribution in [0.2, 0.25) is 0 Å². The lowest BCUT2D eigenvalue weighted by Gasteiger charge is -2.11. The Morgan fingerprint density at radius 3 is 2.31 bits per heavy atom. The van der Waals surface area contributed by atoms with Crippen LogP contribution in [-0.2, 0) is 4.74 Å². The fraction of sp³-hybridized carbons (Fsp3) is 0.0909. The van der Waals surface area contributed by atoms with Gasteiger partial charge in [-0.3, -0.25) is 9.89 Å². The lowest BCUT2D eigenvalue weighted by molar-refractivity contribution is 0.0528. The van der Waals surface area contributed by atoms with Gasteiger partial charge in [0.1, 0.15) is 17.2 Å². The highest BCUT2D eigenvalue weighted by molar-refractivity contribution is 6.04. The quantitative estimate of drug-likeness (QED) is 0.544. The molecule has 2 heterocycles. The maximum Gasteiger partial charge on any atom is 0.342 e. The molecule has 0 unspecified atom stereocenters. The van der Waals surface area contributed by atoms with Gasteiger partial charge in [0.2, 0.25) is 0 Å². The third-order valence-electron chi connectivity index (χ3n) is 4.49. The molecule has 0 saturated heterocycles. The van der Waals surface area contributed by atoms with Crippen LogP contribution in [0.4, 0.5) is 0 Å². The van der Waals surface area contributed by atoms with E-state index in [9.17, 15) is 14.9 Å². The first-order valence-corrected chi connectivity index (χ1v) is 9.02. The molecule has 4 rings (SSSR count). The van der Waals surface area contributed by atoms with Crippen molar-refractivity contribution in [2.75, 3.05) is 6.61 Å². The molecule has 142 valence electrons. The SMILES string of the molecule is CCOC(=O)c1c(-c2ccccc2)c(C#N)c(=O)n2[nH]c(-c3ccccc3)nc12. The number of aromatic amines is 1. The van der Waals surface area contributed by atoms with Crippen molar-refractivity contribution in [3.63, 3.8) is 0 Å². The third kappa shape index (κ3) is 3.07. The second kappa shape index (κ2) is 7.44. The van der Waals surface area contributed by atoms with E-state index in [0.717, 1.165) is 10.1 Å². The van der Waals surface area contributed by atoms with Crippen LogP contribution in [0.25, 0.3) is 28.2 Å². The minimum atomic E-state index is -0.647. The van der Waals surface area contributed by atoms with Crippen molar-refractivity contribution in [3.8, 4) is 28.6 Å². The van der Waals surface area contributed by atoms with Crippen LogP contribution in [0.5, 0.6) is 0 Å². The van der Waals surface area contributed by atoms with Gasteiger partial charge in [-0.15, -0.1) is 0 Å². The van der Waals surface area contributed by atoms with Gasteiger partial charge in [0, 0.05) is 11.1 Å². The van der Waals surface area contributed by atoms with E-state index in [2.05, 4.69) is 10.1 Å². The maximum absolute atomic E-state index is 13.0. The van der Waals surface area contributed by atoms with Gasteiger partial charge in [-0.2, -0.15) is 9.78 Å². The number of nitrogens with one attached hydrogen (secondary N) is 1. The predicted molar refractivity (Wildman–Crippen MR) is 107 cm³/mol. The summed E-state index contributed by atoms with van der Waals surface area (Å²) in [6, 6.07) is 20.0. The van der Waals surface area contributed by atoms with Crippen molar-refractivity contribution in [1.82, 2.24) is 14.6 Å². The van der Waals surface area contributed by atoms with E-state index in [1.54, 1.807) is 31.2 Å². The number of H-pyrrole nitrogens is 1. The second-order valence-electron chi connectivity index (χ2n) is 6.23. The van der Waals surface area contributed by atoms with Crippen LogP contribution in [0, 0.1) is 11.3 Å². The number of nitriles is 1. The van der Waals surface area contributed by atoms with E-state index < -0.39 is 11.5 Å². The molecule has 0 radical (unpaired) electrons. The molecule has 1 N–H and O–H groups in total. The number of hydrogen-bond acceptors (Lipinski definition) is 5. The fourth-order valence-electron chi connectivity index (χ4n) is 3.23. The molecule has 0 saturated carbocycles. The third-order valence-corrected chi connectivity index (χ3v) is 4.49. The smallest absolute Gasteiger partial charge is 0.342 e. The van der Waals surface area contributed by atoms with Crippen LogP contribution in [0.1, 0.15) is 22.8 Å². The number of esters is 1. The molecule has 0 bridgehead atoms. The molecule has 0 aliphatic heterocycles. The molecular weight excluding hydrogens is 368 g/mol. The Morgan fingerprint density at radius 2 is 1.72 bits per heavy atom. The summed E-state index contributed by atoms with van der Waals surface area (Å²) in [7, 11) is 0. The van der Waals surface area contributed by atoms with Gasteiger partial charge in [-0.05, 0) is 12.5 Å². The lowest BCUT2D eigenvalue weighted by Crippen LogP contribution is -2.23. The molecular formula is C22H16N4O3. The number of carbonyl (C=O) groups is 1. The summed E-state index contributed by atoms with van der Waals surface area (Å²) in [4.78, 5) is 30.4. The van der Waals surface area contributed by atoms with Crippen molar-refractivity contribution >= 4 is 11.6 Å². The molecule has 7 heteroatoms. The molecule has 0 fully saturated rings. The molecule has 0 amide bonds. The number of carbonyl (C=O) groups excluding carboxylic acids is 1. The zero-order valence-corrected chi connectivity index (χ0v) is 15.5. The number of ether oxygens (including phenoxy) is 1. The number of pyridine rings is 1. The van der Waals surface area contributed by atoms with E-state index in [1.807, 2.05) is 42.5 Å². The predicted octanol–water partition coefficient (Wildman–Crippen LogP) is 3.40. The van der Waals surface area contributed by atoms with Gasteiger partial charge in [0.25, 0.3) is 5.56 Å². The normalized spacial score (nSPS) is 10.6. The Hall–Kier alpha value is -4.18. The number of nitrogens with zero attached hydrogens (tertiary/aromatic N) is 3. The van der Waals surface area contributed by atoms with Gasteiger partial charge in [0.15, 0.2) is 11.5 Å². The largest absolute Gasteiger partial charge is 0.462 e. The molecule has 0 aliphatic carbocycles. The Balaban J connectivity index is 2.13. The summed E-state index contributed by atoms with van der Waals surface area (Å²) in [5.74, 6) is -0.242. The topological polar surface area (TPSA) is 100 Å². The number of rotatable bonds is 4. The van der Waals surface area contributed by atoms with E-state index in [1.165, 1.54) is 0 Å². The number of benzene rings is 2. The Labute approximate surface area is 165 Å². The highest BCUT2D eigenvalue weighted by Gasteiger charge is 2.27. The lowest BCUT2D eigenvalue weighted by atomic mass is 9.96. The van der Waals surface area contributed by atoms with E-state index in [0.29, 0.717) is 11.4 Å². The second-order valence-corrected chi connectivity index (χ2v) is 6.23. The summed E-state index contributed by atoms with van der Waals surface area (Å²) < 4.78 is 6.36. The highest BCUT2D eigenvalue weighted by Crippen LogP contribution is 2.30. The van der Waals surface area contributed by atoms with Gasteiger partial charge < -0.3 is 4.74 Å². The molecule has 2 aromatic carbocycles. The standard InChI is InChI=1S/C22H16N4O3/c1-2-29-22(28)18-17(14-9-5-3-6-10-14)16(13-23)21(27)26-20(18)24-19(25-26)15-11-7-4-8-12-15/h3-12H,2H2,1H3,(H,24,25). The van der Waals surface area contributed by atoms with E-state index in [4.69, 9.17) is 4.74 Å².